The van der Waals surface area contributed by atoms with Crippen molar-refractivity contribution in [3.05, 3.63) is 47.5 Å². The average molecular weight is 825 g/mol. The van der Waals surface area contributed by atoms with Crippen LogP contribution in [0.25, 0.3) is 0 Å². The zero-order chi connectivity index (χ0) is 41.4. The molecular weight excluding hydrogens is 769 g/mol. The minimum absolute atomic E-state index is 0.0687. The Labute approximate surface area is 339 Å². The number of carbonyl (C=O) groups is 6. The normalized spacial score (nSPS) is 29.7. The Morgan fingerprint density at radius 3 is 2.52 bits per heavy atom. The van der Waals surface area contributed by atoms with Crippen LogP contribution in [-0.2, 0) is 58.2 Å². The fourth-order valence-electron chi connectivity index (χ4n) is 8.93. The second-order valence-electron chi connectivity index (χ2n) is 17.7. The van der Waals surface area contributed by atoms with Gasteiger partial charge in [-0.05, 0) is 85.5 Å². The molecule has 0 unspecified atom stereocenters. The van der Waals surface area contributed by atoms with Gasteiger partial charge in [-0.15, -0.1) is 0 Å². The number of nitrogens with zero attached hydrogens (tertiary/aromatic N) is 3. The van der Waals surface area contributed by atoms with E-state index >= 15 is 0 Å². The van der Waals surface area contributed by atoms with E-state index in [4.69, 9.17) is 9.47 Å². The SMILES string of the molecule is C=CC(=O)N1CCCCC[C@H]2C[C@@]2(C(=O)NS(=O)(=O)C2CC2)NC(=O)[C@@H]2C[C@@H]3CN2C(=O)[C@H](C1)NC(=O)OCC(C)(C)CCCCc1cccc2c1CN(C2)C(=O)O3. The number of aryl methyl sites for hydroxylation is 1. The highest BCUT2D eigenvalue weighted by Crippen LogP contribution is 2.48. The molecule has 17 heteroatoms. The standard InChI is InChI=1S/C41H56N6O10S/c1-4-34(48)45-18-9-5-6-14-28-20-41(28,37(51)44-58(54,55)30-15-16-30)43-35(49)33-19-29-22-47(33)36(50)32(24-45)42-38(52)56-25-40(2,3)17-8-7-11-26-12-10-13-27-21-46(23-31(26)27)39(53)57-29/h4,10,12-13,28-30,32-33H,1,5-9,11,14-25H2,2-3H3,(H,42,52)(H,43,49)(H,44,51)/t28-,29+,32-,33-,41+/m0/s1. The molecule has 58 heavy (non-hydrogen) atoms. The summed E-state index contributed by atoms with van der Waals surface area (Å²) in [7, 11) is -3.93. The van der Waals surface area contributed by atoms with Crippen molar-refractivity contribution < 1.29 is 46.7 Å². The molecule has 1 aromatic rings. The molecule has 2 saturated carbocycles. The molecule has 4 fully saturated rings. The van der Waals surface area contributed by atoms with E-state index in [1.807, 2.05) is 26.0 Å². The molecule has 0 spiro atoms. The summed E-state index contributed by atoms with van der Waals surface area (Å²) in [6.07, 6.45) is 5.31. The quantitative estimate of drug-likeness (QED) is 0.379. The maximum Gasteiger partial charge on any atom is 0.410 e. The topological polar surface area (TPSA) is 201 Å². The van der Waals surface area contributed by atoms with Gasteiger partial charge < -0.3 is 29.9 Å². The van der Waals surface area contributed by atoms with Gasteiger partial charge in [0.05, 0.1) is 24.9 Å². The fourth-order valence-corrected chi connectivity index (χ4v) is 10.3. The number of amides is 6. The van der Waals surface area contributed by atoms with Crippen molar-refractivity contribution in [1.29, 1.82) is 0 Å². The largest absolute Gasteiger partial charge is 0.449 e. The van der Waals surface area contributed by atoms with Crippen molar-refractivity contribution in [2.45, 2.75) is 133 Å². The van der Waals surface area contributed by atoms with Gasteiger partial charge in [0, 0.05) is 26.1 Å². The summed E-state index contributed by atoms with van der Waals surface area (Å²) in [6.45, 7) is 8.17. The zero-order valence-corrected chi connectivity index (χ0v) is 34.3. The number of hydrogen-bond donors (Lipinski definition) is 3. The van der Waals surface area contributed by atoms with Gasteiger partial charge in [-0.3, -0.25) is 28.8 Å². The molecule has 5 bridgehead atoms. The minimum Gasteiger partial charge on any atom is -0.449 e. The molecule has 6 amide bonds. The maximum absolute atomic E-state index is 14.8. The highest BCUT2D eigenvalue weighted by atomic mass is 32.2. The van der Waals surface area contributed by atoms with Crippen LogP contribution in [0.4, 0.5) is 9.59 Å². The van der Waals surface area contributed by atoms with Crippen LogP contribution >= 0.6 is 0 Å². The van der Waals surface area contributed by atoms with Gasteiger partial charge in [0.1, 0.15) is 23.7 Å². The van der Waals surface area contributed by atoms with Crippen molar-refractivity contribution in [2.75, 3.05) is 26.2 Å². The first-order valence-electron chi connectivity index (χ1n) is 20.7. The maximum atomic E-state index is 14.8. The number of sulfonamides is 1. The number of hydrogen-bond acceptors (Lipinski definition) is 10. The van der Waals surface area contributed by atoms with E-state index in [2.05, 4.69) is 28.0 Å². The third kappa shape index (κ3) is 9.13. The molecule has 2 aliphatic carbocycles. The molecule has 0 aromatic heterocycles. The highest BCUT2D eigenvalue weighted by molar-refractivity contribution is 7.91. The van der Waals surface area contributed by atoms with E-state index < -0.39 is 74.8 Å². The lowest BCUT2D eigenvalue weighted by Crippen LogP contribution is -2.60. The Morgan fingerprint density at radius 2 is 1.76 bits per heavy atom. The molecule has 3 N–H and O–H groups in total. The molecule has 316 valence electrons. The molecule has 6 aliphatic rings. The lowest BCUT2D eigenvalue weighted by atomic mass is 9.87. The van der Waals surface area contributed by atoms with Crippen LogP contribution in [0.3, 0.4) is 0 Å². The van der Waals surface area contributed by atoms with Crippen molar-refractivity contribution in [3.63, 3.8) is 0 Å². The Hall–Kier alpha value is -4.67. The number of carbonyl (C=O) groups excluding carboxylic acids is 6. The predicted molar refractivity (Wildman–Crippen MR) is 210 cm³/mol. The van der Waals surface area contributed by atoms with E-state index in [0.29, 0.717) is 51.6 Å². The monoisotopic (exact) mass is 824 g/mol. The summed E-state index contributed by atoms with van der Waals surface area (Å²) in [5.74, 6) is -3.08. The average Bonchev–Trinajstić information content (AvgIpc) is 4.07. The number of nitrogens with one attached hydrogen (secondary N) is 3. The van der Waals surface area contributed by atoms with Crippen molar-refractivity contribution in [2.24, 2.45) is 11.3 Å². The van der Waals surface area contributed by atoms with E-state index in [-0.39, 0.29) is 50.4 Å². The third-order valence-electron chi connectivity index (χ3n) is 12.6. The summed E-state index contributed by atoms with van der Waals surface area (Å²) in [6, 6.07) is 3.40. The van der Waals surface area contributed by atoms with Gasteiger partial charge in [-0.2, -0.15) is 0 Å². The van der Waals surface area contributed by atoms with Crippen molar-refractivity contribution in [3.8, 4) is 0 Å². The summed E-state index contributed by atoms with van der Waals surface area (Å²) in [5.41, 5.74) is 1.35. The predicted octanol–water partition coefficient (Wildman–Crippen LogP) is 3.03. The molecule has 0 radical (unpaired) electrons. The van der Waals surface area contributed by atoms with Gasteiger partial charge in [-0.1, -0.05) is 57.9 Å². The Morgan fingerprint density at radius 1 is 0.983 bits per heavy atom. The number of cyclic esters (lactones) is 1. The fraction of sp³-hybridized carbons (Fsp3) is 0.659. The summed E-state index contributed by atoms with van der Waals surface area (Å²) < 4.78 is 39.7. The minimum atomic E-state index is -3.93. The smallest absolute Gasteiger partial charge is 0.410 e. The molecule has 16 nitrogen and oxygen atoms in total. The lowest BCUT2D eigenvalue weighted by Gasteiger charge is -2.32. The number of rotatable bonds is 4. The van der Waals surface area contributed by atoms with Crippen LogP contribution in [-0.4, -0.2) is 114 Å². The molecule has 5 atom stereocenters. The number of alkyl carbamates (subject to hydrolysis) is 1. The van der Waals surface area contributed by atoms with E-state index in [1.165, 1.54) is 9.80 Å². The Kier molecular flexibility index (Phi) is 11.8. The van der Waals surface area contributed by atoms with Crippen LogP contribution in [0.2, 0.25) is 0 Å². The number of fused-ring (bicyclic) bond motifs is 4. The van der Waals surface area contributed by atoms with Gasteiger partial charge >= 0.3 is 12.2 Å². The summed E-state index contributed by atoms with van der Waals surface area (Å²) in [5, 5.41) is 4.87. The first-order valence-corrected chi connectivity index (χ1v) is 22.2. The molecule has 7 rings (SSSR count). The van der Waals surface area contributed by atoms with Crippen LogP contribution in [0.15, 0.2) is 30.9 Å². The van der Waals surface area contributed by atoms with Gasteiger partial charge in [0.2, 0.25) is 27.7 Å². The van der Waals surface area contributed by atoms with Crippen molar-refractivity contribution >= 4 is 45.8 Å². The summed E-state index contributed by atoms with van der Waals surface area (Å²) in [4.78, 5) is 87.8. The molecule has 4 heterocycles. The zero-order valence-electron chi connectivity index (χ0n) is 33.5. The van der Waals surface area contributed by atoms with Crippen LogP contribution in [0.5, 0.6) is 0 Å². The second-order valence-corrected chi connectivity index (χ2v) is 19.6. The van der Waals surface area contributed by atoms with Crippen molar-refractivity contribution in [1.82, 2.24) is 30.1 Å². The Bertz CT molecular complexity index is 1950. The van der Waals surface area contributed by atoms with Crippen LogP contribution in [0.1, 0.15) is 101 Å². The summed E-state index contributed by atoms with van der Waals surface area (Å²) >= 11 is 0. The highest BCUT2D eigenvalue weighted by Gasteiger charge is 2.62. The molecule has 4 aliphatic heterocycles. The number of ether oxygens (including phenoxy) is 2. The van der Waals surface area contributed by atoms with E-state index in [0.717, 1.165) is 48.4 Å². The molecule has 1 aromatic carbocycles. The van der Waals surface area contributed by atoms with E-state index in [1.54, 1.807) is 4.90 Å². The first kappa shape index (κ1) is 41.5. The third-order valence-corrected chi connectivity index (χ3v) is 14.4. The first-order chi connectivity index (χ1) is 27.6. The Balaban J connectivity index is 1.22. The van der Waals surface area contributed by atoms with Gasteiger partial charge in [-0.25, -0.2) is 18.0 Å². The van der Waals surface area contributed by atoms with Gasteiger partial charge in [0.15, 0.2) is 0 Å². The second kappa shape index (κ2) is 16.5. The van der Waals surface area contributed by atoms with E-state index in [9.17, 15) is 37.2 Å². The number of benzene rings is 1. The molecular formula is C41H56N6O10S. The van der Waals surface area contributed by atoms with Crippen LogP contribution in [0, 0.1) is 11.3 Å². The lowest BCUT2D eigenvalue weighted by molar-refractivity contribution is -0.142. The molecule has 2 saturated heterocycles. The van der Waals surface area contributed by atoms with Gasteiger partial charge in [0.25, 0.3) is 5.91 Å². The van der Waals surface area contributed by atoms with Crippen LogP contribution < -0.4 is 15.4 Å².